The van der Waals surface area contributed by atoms with Gasteiger partial charge in [-0.3, -0.25) is 4.79 Å². The summed E-state index contributed by atoms with van der Waals surface area (Å²) in [4.78, 5) is 11.6. The van der Waals surface area contributed by atoms with E-state index < -0.39 is 5.97 Å². The summed E-state index contributed by atoms with van der Waals surface area (Å²) in [5.74, 6) is 2.41. The van der Waals surface area contributed by atoms with E-state index in [2.05, 4.69) is 19.9 Å². The molecular formula is C25H30O7. The molecule has 0 aromatic heterocycles. The van der Waals surface area contributed by atoms with Crippen LogP contribution in [0.2, 0.25) is 0 Å². The van der Waals surface area contributed by atoms with Gasteiger partial charge in [-0.1, -0.05) is 18.6 Å². The van der Waals surface area contributed by atoms with Gasteiger partial charge >= 0.3 is 5.97 Å². The molecule has 0 saturated heterocycles. The first-order valence-corrected chi connectivity index (χ1v) is 10.3. The number of hydrogen-bond donors (Lipinski definition) is 0. The Kier molecular flexibility index (Phi) is 6.87. The molecule has 0 fully saturated rings. The van der Waals surface area contributed by atoms with E-state index in [-0.39, 0.29) is 17.6 Å². The van der Waals surface area contributed by atoms with E-state index in [9.17, 15) is 4.79 Å². The molecule has 0 unspecified atom stereocenters. The summed E-state index contributed by atoms with van der Waals surface area (Å²) in [5, 5.41) is 0. The molecule has 0 heterocycles. The van der Waals surface area contributed by atoms with Crippen LogP contribution in [-0.4, -0.2) is 41.5 Å². The smallest absolute Gasteiger partial charge is 0.308 e. The minimum atomic E-state index is -0.456. The van der Waals surface area contributed by atoms with Crippen LogP contribution in [-0.2, 0) is 4.79 Å². The molecule has 1 aliphatic carbocycles. The van der Waals surface area contributed by atoms with Crippen molar-refractivity contribution in [2.75, 3.05) is 35.5 Å². The molecule has 2 atom stereocenters. The highest BCUT2D eigenvalue weighted by Crippen LogP contribution is 2.54. The van der Waals surface area contributed by atoms with E-state index in [0.29, 0.717) is 28.7 Å². The zero-order valence-corrected chi connectivity index (χ0v) is 19.8. The molecule has 1 aliphatic rings. The molecule has 0 bridgehead atoms. The summed E-state index contributed by atoms with van der Waals surface area (Å²) in [6.07, 6.45) is 2.14. The molecule has 172 valence electrons. The lowest BCUT2D eigenvalue weighted by atomic mass is 9.72. The van der Waals surface area contributed by atoms with Crippen molar-refractivity contribution in [3.8, 4) is 34.5 Å². The Morgan fingerprint density at radius 3 is 1.78 bits per heavy atom. The molecule has 0 saturated carbocycles. The largest absolute Gasteiger partial charge is 0.493 e. The number of methoxy groups -OCH3 is 5. The Morgan fingerprint density at radius 2 is 1.31 bits per heavy atom. The molecule has 0 spiro atoms. The average molecular weight is 443 g/mol. The van der Waals surface area contributed by atoms with Gasteiger partial charge in [0.05, 0.1) is 35.5 Å². The second-order valence-corrected chi connectivity index (χ2v) is 7.65. The highest BCUT2D eigenvalue weighted by atomic mass is 16.6. The number of esters is 1. The average Bonchev–Trinajstić information content (AvgIpc) is 2.78. The van der Waals surface area contributed by atoms with Gasteiger partial charge in [0.1, 0.15) is 0 Å². The number of ether oxygens (including phenoxy) is 6. The van der Waals surface area contributed by atoms with Crippen LogP contribution in [0, 0.1) is 5.92 Å². The molecule has 2 aromatic carbocycles. The predicted molar refractivity (Wildman–Crippen MR) is 122 cm³/mol. The van der Waals surface area contributed by atoms with Crippen molar-refractivity contribution in [1.29, 1.82) is 0 Å². The second-order valence-electron chi connectivity index (χ2n) is 7.65. The van der Waals surface area contributed by atoms with Crippen LogP contribution >= 0.6 is 0 Å². The van der Waals surface area contributed by atoms with Crippen LogP contribution in [0.1, 0.15) is 43.4 Å². The van der Waals surface area contributed by atoms with E-state index in [1.165, 1.54) is 26.7 Å². The number of benzene rings is 2. The molecular weight excluding hydrogens is 412 g/mol. The lowest BCUT2D eigenvalue weighted by Crippen LogP contribution is -2.19. The molecule has 7 heteroatoms. The van der Waals surface area contributed by atoms with Crippen LogP contribution in [0.15, 0.2) is 23.8 Å². The van der Waals surface area contributed by atoms with E-state index in [1.807, 2.05) is 18.2 Å². The number of carbonyl (C=O) groups is 1. The van der Waals surface area contributed by atoms with Gasteiger partial charge in [0.25, 0.3) is 0 Å². The van der Waals surface area contributed by atoms with Gasteiger partial charge in [0.2, 0.25) is 11.5 Å². The maximum absolute atomic E-state index is 11.6. The zero-order chi connectivity index (χ0) is 23.6. The van der Waals surface area contributed by atoms with E-state index >= 15 is 0 Å². The predicted octanol–water partition coefficient (Wildman–Crippen LogP) is 4.84. The summed E-state index contributed by atoms with van der Waals surface area (Å²) < 4.78 is 33.5. The molecule has 3 rings (SSSR count). The fraction of sp³-hybridized carbons (Fsp3) is 0.400. The van der Waals surface area contributed by atoms with E-state index in [4.69, 9.17) is 28.4 Å². The number of rotatable bonds is 7. The second kappa shape index (κ2) is 9.42. The molecule has 2 aromatic rings. The summed E-state index contributed by atoms with van der Waals surface area (Å²) in [6.45, 7) is 5.60. The van der Waals surface area contributed by atoms with Gasteiger partial charge in [-0.25, -0.2) is 0 Å². The van der Waals surface area contributed by atoms with Crippen molar-refractivity contribution in [3.63, 3.8) is 0 Å². The van der Waals surface area contributed by atoms with E-state index in [0.717, 1.165) is 16.7 Å². The quantitative estimate of drug-likeness (QED) is 0.449. The van der Waals surface area contributed by atoms with Gasteiger partial charge < -0.3 is 28.4 Å². The third kappa shape index (κ3) is 3.95. The third-order valence-corrected chi connectivity index (χ3v) is 5.90. The Balaban J connectivity index is 2.32. The van der Waals surface area contributed by atoms with Crippen molar-refractivity contribution in [2.45, 2.75) is 26.7 Å². The number of fused-ring (bicyclic) bond motifs is 1. The first kappa shape index (κ1) is 23.3. The van der Waals surface area contributed by atoms with Crippen molar-refractivity contribution >= 4 is 12.0 Å². The Morgan fingerprint density at radius 1 is 0.781 bits per heavy atom. The Bertz CT molecular complexity index is 1030. The van der Waals surface area contributed by atoms with Gasteiger partial charge in [0.15, 0.2) is 23.0 Å². The maximum Gasteiger partial charge on any atom is 0.308 e. The molecule has 0 radical (unpaired) electrons. The van der Waals surface area contributed by atoms with Crippen LogP contribution in [0.4, 0.5) is 0 Å². The summed E-state index contributed by atoms with van der Waals surface area (Å²) in [6, 6.07) is 5.71. The molecule has 0 aliphatic heterocycles. The fourth-order valence-electron chi connectivity index (χ4n) is 4.31. The van der Waals surface area contributed by atoms with Crippen LogP contribution in [0.5, 0.6) is 34.5 Å². The lowest BCUT2D eigenvalue weighted by molar-refractivity contribution is -0.132. The molecule has 32 heavy (non-hydrogen) atoms. The number of carbonyl (C=O) groups excluding carboxylic acids is 1. The number of hydrogen-bond acceptors (Lipinski definition) is 7. The standard InChI is InChI=1S/C25H30O7/c1-13-9-16-10-20(29-6)24(30-7)25(31-8)22(16)21(14(13)2)17-11-18(27-4)23(32-15(3)26)19(12-17)28-5/h9-12,14,21H,1-8H3/t14-,21+/m0/s1. The maximum atomic E-state index is 11.6. The fourth-order valence-corrected chi connectivity index (χ4v) is 4.31. The normalized spacial score (nSPS) is 17.1. The van der Waals surface area contributed by atoms with Crippen molar-refractivity contribution in [3.05, 3.63) is 40.5 Å². The zero-order valence-electron chi connectivity index (χ0n) is 19.8. The first-order valence-electron chi connectivity index (χ1n) is 10.3. The number of allylic oxidation sites excluding steroid dienone is 1. The Labute approximate surface area is 188 Å². The van der Waals surface area contributed by atoms with Crippen LogP contribution in [0.25, 0.3) is 6.08 Å². The van der Waals surface area contributed by atoms with Crippen LogP contribution < -0.4 is 28.4 Å². The summed E-state index contributed by atoms with van der Waals surface area (Å²) >= 11 is 0. The van der Waals surface area contributed by atoms with Gasteiger partial charge in [-0.15, -0.1) is 0 Å². The summed E-state index contributed by atoms with van der Waals surface area (Å²) in [5.41, 5.74) is 4.11. The lowest BCUT2D eigenvalue weighted by Gasteiger charge is -2.34. The molecule has 0 N–H and O–H groups in total. The van der Waals surface area contributed by atoms with Gasteiger partial charge in [0, 0.05) is 18.4 Å². The minimum absolute atomic E-state index is 0.0982. The van der Waals surface area contributed by atoms with Crippen molar-refractivity contribution in [2.24, 2.45) is 5.92 Å². The SMILES string of the molecule is COc1cc([C@@H]2c3c(cc(OC)c(OC)c3OC)C=C(C)[C@@H]2C)cc(OC)c1OC(C)=O. The third-order valence-electron chi connectivity index (χ3n) is 5.90. The van der Waals surface area contributed by atoms with Crippen molar-refractivity contribution < 1.29 is 33.2 Å². The summed E-state index contributed by atoms with van der Waals surface area (Å²) in [7, 11) is 7.88. The van der Waals surface area contributed by atoms with Crippen LogP contribution in [0.3, 0.4) is 0 Å². The highest BCUT2D eigenvalue weighted by Gasteiger charge is 2.35. The first-order chi connectivity index (χ1) is 15.3. The van der Waals surface area contributed by atoms with Gasteiger partial charge in [-0.05, 0) is 42.2 Å². The molecule has 7 nitrogen and oxygen atoms in total. The highest BCUT2D eigenvalue weighted by molar-refractivity contribution is 5.75. The van der Waals surface area contributed by atoms with Gasteiger partial charge in [-0.2, -0.15) is 0 Å². The minimum Gasteiger partial charge on any atom is -0.493 e. The van der Waals surface area contributed by atoms with Crippen molar-refractivity contribution in [1.82, 2.24) is 0 Å². The Hall–Kier alpha value is -3.35. The monoisotopic (exact) mass is 442 g/mol. The topological polar surface area (TPSA) is 72.5 Å². The van der Waals surface area contributed by atoms with E-state index in [1.54, 1.807) is 21.3 Å². The molecule has 0 amide bonds.